The van der Waals surface area contributed by atoms with E-state index in [1.54, 1.807) is 0 Å². The van der Waals surface area contributed by atoms with Crippen molar-refractivity contribution in [1.29, 1.82) is 0 Å². The number of carbonyl (C=O) groups excluding carboxylic acids is 1. The summed E-state index contributed by atoms with van der Waals surface area (Å²) in [5.41, 5.74) is 2.66. The number of hydrogen-bond donors (Lipinski definition) is 0. The first-order valence-corrected chi connectivity index (χ1v) is 11.2. The lowest BCUT2D eigenvalue weighted by atomic mass is 9.68. The van der Waals surface area contributed by atoms with Crippen LogP contribution in [0.15, 0.2) is 23.3 Å². The first-order valence-electron chi connectivity index (χ1n) is 8.20. The highest BCUT2D eigenvalue weighted by molar-refractivity contribution is 7.08. The topological polar surface area (TPSA) is 17.1 Å². The zero-order chi connectivity index (χ0) is 16.6. The first kappa shape index (κ1) is 18.4. The molecule has 1 aliphatic rings. The van der Waals surface area contributed by atoms with E-state index in [1.165, 1.54) is 18.4 Å². The zero-order valence-corrected chi connectivity index (χ0v) is 16.6. The van der Waals surface area contributed by atoms with Crippen molar-refractivity contribution < 1.29 is 4.79 Å². The summed E-state index contributed by atoms with van der Waals surface area (Å²) < 4.78 is 0. The minimum Gasteiger partial charge on any atom is -0.300 e. The van der Waals surface area contributed by atoms with Crippen LogP contribution < -0.4 is 0 Å². The molecule has 0 fully saturated rings. The second-order valence-electron chi connectivity index (χ2n) is 9.01. The Hall–Kier alpha value is -0.633. The molecule has 120 valence electrons. The van der Waals surface area contributed by atoms with Crippen LogP contribution in [0.4, 0.5) is 0 Å². The molecule has 0 heterocycles. The van der Waals surface area contributed by atoms with E-state index in [9.17, 15) is 4.79 Å². The molecule has 21 heavy (non-hydrogen) atoms. The lowest BCUT2D eigenvalue weighted by Crippen LogP contribution is -2.46. The summed E-state index contributed by atoms with van der Waals surface area (Å²) in [6.45, 7) is 19.9. The maximum absolute atomic E-state index is 13.0. The molecule has 1 rings (SSSR count). The van der Waals surface area contributed by atoms with Gasteiger partial charge in [-0.25, -0.2) is 0 Å². The third-order valence-electron chi connectivity index (χ3n) is 5.80. The molecule has 0 N–H and O–H groups in total. The van der Waals surface area contributed by atoms with E-state index in [4.69, 9.17) is 0 Å². The highest BCUT2D eigenvalue weighted by atomic mass is 28.3. The van der Waals surface area contributed by atoms with Crippen LogP contribution in [0, 0.1) is 11.3 Å². The Morgan fingerprint density at radius 2 is 1.86 bits per heavy atom. The molecular formula is C19H34OSi. The van der Waals surface area contributed by atoms with E-state index in [1.807, 2.05) is 6.92 Å². The Balaban J connectivity index is 3.13. The van der Waals surface area contributed by atoms with Crippen LogP contribution in [0.25, 0.3) is 0 Å². The largest absolute Gasteiger partial charge is 0.300 e. The fraction of sp³-hybridized carbons (Fsp3) is 0.737. The van der Waals surface area contributed by atoms with Crippen molar-refractivity contribution >= 4 is 13.5 Å². The molecule has 0 amide bonds. The van der Waals surface area contributed by atoms with Crippen molar-refractivity contribution in [2.45, 2.75) is 79.4 Å². The molecule has 0 aromatic carbocycles. The smallest absolute Gasteiger partial charge is 0.138 e. The molecule has 0 spiro atoms. The predicted octanol–water partition coefficient (Wildman–Crippen LogP) is 5.93. The molecule has 1 aliphatic carbocycles. The van der Waals surface area contributed by atoms with E-state index in [0.29, 0.717) is 11.3 Å². The van der Waals surface area contributed by atoms with Crippen LogP contribution in [-0.4, -0.2) is 13.5 Å². The third kappa shape index (κ3) is 3.77. The van der Waals surface area contributed by atoms with Crippen LogP contribution in [0.5, 0.6) is 0 Å². The minimum atomic E-state index is -1.95. The average Bonchev–Trinajstić information content (AvgIpc) is 2.31. The molecule has 1 nitrogen and oxygen atoms in total. The maximum Gasteiger partial charge on any atom is 0.138 e. The third-order valence-corrected chi connectivity index (χ3v) is 11.1. The van der Waals surface area contributed by atoms with Crippen LogP contribution in [0.2, 0.25) is 18.1 Å². The highest BCUT2D eigenvalue weighted by Crippen LogP contribution is 2.43. The lowest BCUT2D eigenvalue weighted by Gasteiger charge is -2.38. The fourth-order valence-corrected chi connectivity index (χ4v) is 4.84. The molecule has 1 unspecified atom stereocenters. The van der Waals surface area contributed by atoms with Crippen LogP contribution >= 0.6 is 0 Å². The summed E-state index contributed by atoms with van der Waals surface area (Å²) in [5, 5.41) is 0.524. The summed E-state index contributed by atoms with van der Waals surface area (Å²) >= 11 is 0. The standard InChI is InChI=1S/C19H34OSi/c1-14-11-10-12-19(6,7)16(14)13-15(2)17(20)21(8,9)18(3,4)5/h11,13,16H,10,12H2,1-9H3/b15-13+. The summed E-state index contributed by atoms with van der Waals surface area (Å²) in [6.07, 6.45) is 6.97. The van der Waals surface area contributed by atoms with Crippen molar-refractivity contribution in [3.05, 3.63) is 23.3 Å². The van der Waals surface area contributed by atoms with Crippen molar-refractivity contribution in [1.82, 2.24) is 0 Å². The molecule has 1 atom stereocenters. The van der Waals surface area contributed by atoms with E-state index in [-0.39, 0.29) is 10.5 Å². The van der Waals surface area contributed by atoms with Gasteiger partial charge in [0.05, 0.1) is 0 Å². The number of rotatable bonds is 3. The van der Waals surface area contributed by atoms with Crippen molar-refractivity contribution in [3.8, 4) is 0 Å². The highest BCUT2D eigenvalue weighted by Gasteiger charge is 2.43. The fourth-order valence-electron chi connectivity index (χ4n) is 3.09. The first-order chi connectivity index (χ1) is 9.30. The number of carbonyl (C=O) groups is 1. The molecule has 0 saturated heterocycles. The molecular weight excluding hydrogens is 272 g/mol. The predicted molar refractivity (Wildman–Crippen MR) is 96.2 cm³/mol. The van der Waals surface area contributed by atoms with E-state index in [2.05, 4.69) is 66.8 Å². The van der Waals surface area contributed by atoms with Crippen LogP contribution in [-0.2, 0) is 4.79 Å². The quantitative estimate of drug-likeness (QED) is 0.359. The van der Waals surface area contributed by atoms with Crippen molar-refractivity contribution in [3.63, 3.8) is 0 Å². The molecule has 0 bridgehead atoms. The van der Waals surface area contributed by atoms with Gasteiger partial charge in [0, 0.05) is 5.92 Å². The normalized spacial score (nSPS) is 23.8. The zero-order valence-electron chi connectivity index (χ0n) is 15.6. The van der Waals surface area contributed by atoms with Crippen LogP contribution in [0.1, 0.15) is 61.3 Å². The Morgan fingerprint density at radius 1 is 1.33 bits per heavy atom. The van der Waals surface area contributed by atoms with Gasteiger partial charge in [-0.2, -0.15) is 0 Å². The van der Waals surface area contributed by atoms with Gasteiger partial charge in [0.1, 0.15) is 13.5 Å². The van der Waals surface area contributed by atoms with Gasteiger partial charge in [-0.3, -0.25) is 0 Å². The average molecular weight is 307 g/mol. The van der Waals surface area contributed by atoms with Gasteiger partial charge in [-0.05, 0) is 42.7 Å². The van der Waals surface area contributed by atoms with E-state index >= 15 is 0 Å². The molecule has 0 aromatic rings. The number of allylic oxidation sites excluding steroid dienone is 4. The van der Waals surface area contributed by atoms with Gasteiger partial charge in [-0.1, -0.05) is 65.4 Å². The monoisotopic (exact) mass is 306 g/mol. The van der Waals surface area contributed by atoms with E-state index in [0.717, 1.165) is 5.57 Å². The van der Waals surface area contributed by atoms with Gasteiger partial charge in [0.15, 0.2) is 0 Å². The maximum atomic E-state index is 13.0. The Labute approximate surface area is 132 Å². The van der Waals surface area contributed by atoms with Gasteiger partial charge in [-0.15, -0.1) is 0 Å². The van der Waals surface area contributed by atoms with Gasteiger partial charge in [0.25, 0.3) is 0 Å². The summed E-state index contributed by atoms with van der Waals surface area (Å²) in [7, 11) is -1.95. The summed E-state index contributed by atoms with van der Waals surface area (Å²) in [5.74, 6) is 0.403. The van der Waals surface area contributed by atoms with Crippen LogP contribution in [0.3, 0.4) is 0 Å². The lowest BCUT2D eigenvalue weighted by molar-refractivity contribution is -0.109. The van der Waals surface area contributed by atoms with E-state index < -0.39 is 8.07 Å². The molecule has 0 saturated carbocycles. The minimum absolute atomic E-state index is 0.103. The van der Waals surface area contributed by atoms with Gasteiger partial charge < -0.3 is 4.79 Å². The Bertz CT molecular complexity index is 472. The number of hydrogen-bond acceptors (Lipinski definition) is 1. The van der Waals surface area contributed by atoms with Gasteiger partial charge >= 0.3 is 0 Å². The summed E-state index contributed by atoms with van der Waals surface area (Å²) in [6, 6.07) is 0. The second-order valence-corrected chi connectivity index (χ2v) is 14.2. The SMILES string of the molecule is CC1=CCCC(C)(C)C1/C=C(\C)C(=O)[Si](C)(C)C(C)(C)C. The van der Waals surface area contributed by atoms with Crippen molar-refractivity contribution in [2.24, 2.45) is 11.3 Å². The van der Waals surface area contributed by atoms with Crippen molar-refractivity contribution in [2.75, 3.05) is 0 Å². The molecule has 2 heteroatoms. The molecule has 0 aromatic heterocycles. The Morgan fingerprint density at radius 3 is 2.29 bits per heavy atom. The summed E-state index contributed by atoms with van der Waals surface area (Å²) in [4.78, 5) is 13.0. The Kier molecular flexibility index (Phi) is 5.15. The molecule has 0 radical (unpaired) electrons. The second kappa shape index (κ2) is 5.87. The van der Waals surface area contributed by atoms with Gasteiger partial charge in [0.2, 0.25) is 0 Å². The molecule has 0 aliphatic heterocycles.